The fourth-order valence-corrected chi connectivity index (χ4v) is 3.59. The first-order valence-electron chi connectivity index (χ1n) is 5.33. The third kappa shape index (κ3) is 4.20. The van der Waals surface area contributed by atoms with Gasteiger partial charge in [0.05, 0.1) is 0 Å². The van der Waals surface area contributed by atoms with E-state index in [2.05, 4.69) is 6.58 Å². The van der Waals surface area contributed by atoms with Crippen molar-refractivity contribution in [2.24, 2.45) is 0 Å². The first-order valence-corrected chi connectivity index (χ1v) is 9.36. The Morgan fingerprint density at radius 2 is 1.35 bits per heavy atom. The van der Waals surface area contributed by atoms with Gasteiger partial charge in [0.25, 0.3) is 0 Å². The molecule has 0 aromatic heterocycles. The Bertz CT molecular complexity index is 321. The van der Waals surface area contributed by atoms with Crippen molar-refractivity contribution in [3.8, 4) is 0 Å². The number of alkyl halides is 9. The second-order valence-corrected chi connectivity index (χ2v) is 7.97. The van der Waals surface area contributed by atoms with Gasteiger partial charge >= 0.3 is 119 Å². The van der Waals surface area contributed by atoms with Crippen molar-refractivity contribution in [1.29, 1.82) is 0 Å². The molecule has 0 heterocycles. The first-order chi connectivity index (χ1) is 8.81. The molecule has 0 aromatic rings. The minimum absolute atomic E-state index is 0.165. The van der Waals surface area contributed by atoms with E-state index in [1.807, 2.05) is 0 Å². The Labute approximate surface area is 119 Å². The summed E-state index contributed by atoms with van der Waals surface area (Å²) in [5.74, 6) is -18.7. The van der Waals surface area contributed by atoms with E-state index in [4.69, 9.17) is 0 Å². The van der Waals surface area contributed by atoms with Gasteiger partial charge in [-0.1, -0.05) is 0 Å². The molecule has 0 atom stereocenters. The van der Waals surface area contributed by atoms with E-state index in [1.54, 1.807) is 0 Å². The number of hydrogen-bond donors (Lipinski definition) is 0. The van der Waals surface area contributed by atoms with Gasteiger partial charge in [-0.2, -0.15) is 0 Å². The molecule has 0 fully saturated rings. The van der Waals surface area contributed by atoms with Gasteiger partial charge in [0.15, 0.2) is 0 Å². The van der Waals surface area contributed by atoms with Crippen LogP contribution in [0.5, 0.6) is 0 Å². The molecule has 0 aliphatic heterocycles. The average Bonchev–Trinajstić information content (AvgIpc) is 2.26. The Balaban J connectivity index is 4.85. The average molecular weight is 421 g/mol. The zero-order valence-corrected chi connectivity index (χ0v) is 12.9. The maximum absolute atomic E-state index is 13.0. The Hall–Kier alpha value is -0.0913. The minimum atomic E-state index is -6.77. The van der Waals surface area contributed by atoms with E-state index in [0.29, 0.717) is 4.44 Å². The zero-order valence-electron chi connectivity index (χ0n) is 10.0. The number of halogens is 9. The summed E-state index contributed by atoms with van der Waals surface area (Å²) in [5.41, 5.74) is 0. The molecule has 0 aromatic carbocycles. The third-order valence-corrected chi connectivity index (χ3v) is 6.01. The van der Waals surface area contributed by atoms with Crippen molar-refractivity contribution >= 4 is 21.1 Å². The van der Waals surface area contributed by atoms with Crippen LogP contribution in [0.1, 0.15) is 12.8 Å². The van der Waals surface area contributed by atoms with Crippen molar-refractivity contribution in [2.75, 3.05) is 0 Å². The molecular formula is C10H11F9Sn. The monoisotopic (exact) mass is 422 g/mol. The van der Waals surface area contributed by atoms with Gasteiger partial charge in [0.1, 0.15) is 0 Å². The second-order valence-electron chi connectivity index (χ2n) is 3.95. The van der Waals surface area contributed by atoms with Crippen LogP contribution < -0.4 is 0 Å². The van der Waals surface area contributed by atoms with Gasteiger partial charge in [-0.05, 0) is 0 Å². The van der Waals surface area contributed by atoms with Crippen LogP contribution in [0.15, 0.2) is 12.7 Å². The van der Waals surface area contributed by atoms with Crippen LogP contribution in [0.4, 0.5) is 39.5 Å². The predicted molar refractivity (Wildman–Crippen MR) is 55.7 cm³/mol. The molecule has 10 heteroatoms. The van der Waals surface area contributed by atoms with Gasteiger partial charge < -0.3 is 0 Å². The first kappa shape index (κ1) is 19.9. The van der Waals surface area contributed by atoms with E-state index in [9.17, 15) is 39.5 Å². The van der Waals surface area contributed by atoms with Crippen molar-refractivity contribution in [3.63, 3.8) is 0 Å². The summed E-state index contributed by atoms with van der Waals surface area (Å²) in [6.07, 6.45) is -7.45. The fourth-order valence-electron chi connectivity index (χ4n) is 1.20. The molecule has 0 aliphatic carbocycles. The van der Waals surface area contributed by atoms with Gasteiger partial charge in [0.2, 0.25) is 0 Å². The fraction of sp³-hybridized carbons (Fsp3) is 0.800. The van der Waals surface area contributed by atoms with Gasteiger partial charge in [-0.3, -0.25) is 0 Å². The summed E-state index contributed by atoms with van der Waals surface area (Å²) >= 11 is -1.13. The maximum atomic E-state index is 13.0. The van der Waals surface area contributed by atoms with Crippen LogP contribution in [0.2, 0.25) is 8.87 Å². The molecule has 0 saturated carbocycles. The van der Waals surface area contributed by atoms with Gasteiger partial charge in [0, 0.05) is 0 Å². The Kier molecular flexibility index (Phi) is 6.75. The SMILES string of the molecule is C=C[CH2][Sn][CH2]CCC(F)(F)C(F)(F)C(F)(F)C(F)(F)F. The zero-order chi connectivity index (χ0) is 16.2. The van der Waals surface area contributed by atoms with E-state index in [0.717, 1.165) is 0 Å². The van der Waals surface area contributed by atoms with Gasteiger partial charge in [-0.15, -0.1) is 0 Å². The normalized spacial score (nSPS) is 14.4. The molecule has 0 aliphatic rings. The number of hydrogen-bond acceptors (Lipinski definition) is 0. The molecule has 0 unspecified atom stereocenters. The Morgan fingerprint density at radius 3 is 1.75 bits per heavy atom. The summed E-state index contributed by atoms with van der Waals surface area (Å²) in [5, 5.41) is 0. The van der Waals surface area contributed by atoms with Gasteiger partial charge in [-0.25, -0.2) is 0 Å². The van der Waals surface area contributed by atoms with Crippen molar-refractivity contribution < 1.29 is 39.5 Å². The third-order valence-electron chi connectivity index (χ3n) is 2.34. The summed E-state index contributed by atoms with van der Waals surface area (Å²) in [6, 6.07) is 0. The van der Waals surface area contributed by atoms with Crippen molar-refractivity contribution in [1.82, 2.24) is 0 Å². The van der Waals surface area contributed by atoms with Crippen LogP contribution in [0, 0.1) is 0 Å². The Morgan fingerprint density at radius 1 is 0.850 bits per heavy atom. The molecule has 0 nitrogen and oxygen atoms in total. The van der Waals surface area contributed by atoms with E-state index in [1.165, 1.54) is 6.08 Å². The molecule has 0 bridgehead atoms. The molecular weight excluding hydrogens is 410 g/mol. The van der Waals surface area contributed by atoms with E-state index in [-0.39, 0.29) is 4.44 Å². The predicted octanol–water partition coefficient (Wildman–Crippen LogP) is 4.96. The van der Waals surface area contributed by atoms with Crippen LogP contribution >= 0.6 is 0 Å². The van der Waals surface area contributed by atoms with E-state index < -0.39 is 57.9 Å². The molecule has 0 saturated heterocycles. The summed E-state index contributed by atoms with van der Waals surface area (Å²) in [4.78, 5) is 0. The van der Waals surface area contributed by atoms with E-state index >= 15 is 0 Å². The molecule has 2 radical (unpaired) electrons. The van der Waals surface area contributed by atoms with Crippen molar-refractivity contribution in [2.45, 2.75) is 45.7 Å². The molecule has 0 amide bonds. The second kappa shape index (κ2) is 6.78. The molecule has 118 valence electrons. The van der Waals surface area contributed by atoms with Crippen molar-refractivity contribution in [3.05, 3.63) is 12.7 Å². The summed E-state index contributed by atoms with van der Waals surface area (Å²) in [6.45, 7) is 3.36. The standard InChI is InChI=1S/C7H6F9.C3H5.Sn/c1-2-3-4(8,9)5(10,11)6(12,13)7(14,15)16;1-3-2;/h1-3H2;3H,1-2H2;. The number of rotatable bonds is 8. The van der Waals surface area contributed by atoms with Crippen LogP contribution in [0.3, 0.4) is 0 Å². The van der Waals surface area contributed by atoms with Crippen LogP contribution in [-0.2, 0) is 0 Å². The topological polar surface area (TPSA) is 0 Å². The molecule has 20 heavy (non-hydrogen) atoms. The molecule has 0 rings (SSSR count). The summed E-state index contributed by atoms with van der Waals surface area (Å²) in [7, 11) is 0. The summed E-state index contributed by atoms with van der Waals surface area (Å²) < 4.78 is 113. The quantitative estimate of drug-likeness (QED) is 0.225. The molecule has 0 N–H and O–H groups in total. The van der Waals surface area contributed by atoms with Crippen LogP contribution in [0.25, 0.3) is 0 Å². The van der Waals surface area contributed by atoms with Crippen LogP contribution in [-0.4, -0.2) is 45.1 Å². The number of allylic oxidation sites excluding steroid dienone is 1. The molecule has 0 spiro atoms.